The molecule has 1 aliphatic rings. The van der Waals surface area contributed by atoms with E-state index in [1.165, 1.54) is 0 Å². The highest BCUT2D eigenvalue weighted by Gasteiger charge is 2.20. The molecule has 1 heterocycles. The largest absolute Gasteiger partial charge is 0.304 e. The molecule has 0 aromatic rings. The molecule has 0 aliphatic carbocycles. The third-order valence-electron chi connectivity index (χ3n) is 1.08. The first-order chi connectivity index (χ1) is 3.30. The van der Waals surface area contributed by atoms with Gasteiger partial charge in [-0.05, 0) is 13.0 Å². The van der Waals surface area contributed by atoms with E-state index in [9.17, 15) is 0 Å². The molecule has 1 N–H and O–H groups in total. The summed E-state index contributed by atoms with van der Waals surface area (Å²) < 4.78 is 0. The highest BCUT2D eigenvalue weighted by Crippen LogP contribution is 2.17. The SMILES string of the molecule is ClC1CCNC1Br. The van der Waals surface area contributed by atoms with Gasteiger partial charge in [-0.25, -0.2) is 0 Å². The third kappa shape index (κ3) is 1.31. The molecule has 1 nitrogen and oxygen atoms in total. The molecule has 2 unspecified atom stereocenters. The first kappa shape index (κ1) is 5.86. The Hall–Kier alpha value is 0.730. The van der Waals surface area contributed by atoms with Gasteiger partial charge in [0.15, 0.2) is 0 Å². The second kappa shape index (κ2) is 2.33. The van der Waals surface area contributed by atoms with Gasteiger partial charge in [-0.2, -0.15) is 0 Å². The molecule has 0 spiro atoms. The zero-order valence-electron chi connectivity index (χ0n) is 3.82. The molecule has 0 bridgehead atoms. The second-order valence-corrected chi connectivity index (χ2v) is 3.21. The first-order valence-electron chi connectivity index (χ1n) is 2.32. The quantitative estimate of drug-likeness (QED) is 0.442. The number of nitrogens with one attached hydrogen (secondary N) is 1. The lowest BCUT2D eigenvalue weighted by Crippen LogP contribution is -2.18. The Kier molecular flexibility index (Phi) is 1.95. The molecule has 1 aliphatic heterocycles. The van der Waals surface area contributed by atoms with Crippen LogP contribution in [0.1, 0.15) is 6.42 Å². The fraction of sp³-hybridized carbons (Fsp3) is 1.00. The summed E-state index contributed by atoms with van der Waals surface area (Å²) in [6, 6.07) is 0. The van der Waals surface area contributed by atoms with Crippen LogP contribution in [0.5, 0.6) is 0 Å². The Morgan fingerprint density at radius 2 is 2.43 bits per heavy atom. The Morgan fingerprint density at radius 3 is 2.57 bits per heavy atom. The van der Waals surface area contributed by atoms with Crippen molar-refractivity contribution in [2.45, 2.75) is 16.7 Å². The number of hydrogen-bond donors (Lipinski definition) is 1. The minimum atomic E-state index is 0.292. The lowest BCUT2D eigenvalue weighted by atomic mass is 10.4. The fourth-order valence-electron chi connectivity index (χ4n) is 0.633. The molecule has 0 amide bonds. The van der Waals surface area contributed by atoms with Crippen LogP contribution in [0.15, 0.2) is 0 Å². The summed E-state index contributed by atoms with van der Waals surface area (Å²) in [7, 11) is 0. The Labute approximate surface area is 56.5 Å². The van der Waals surface area contributed by atoms with E-state index in [-0.39, 0.29) is 0 Å². The Bertz CT molecular complexity index is 60.7. The van der Waals surface area contributed by atoms with Crippen molar-refractivity contribution in [3.8, 4) is 0 Å². The van der Waals surface area contributed by atoms with Crippen molar-refractivity contribution in [3.05, 3.63) is 0 Å². The third-order valence-corrected chi connectivity index (χ3v) is 2.81. The van der Waals surface area contributed by atoms with Gasteiger partial charge in [0.25, 0.3) is 0 Å². The van der Waals surface area contributed by atoms with Crippen LogP contribution in [-0.4, -0.2) is 16.9 Å². The van der Waals surface area contributed by atoms with Crippen LogP contribution < -0.4 is 5.32 Å². The molecular formula is C4H7BrClN. The molecule has 3 heteroatoms. The lowest BCUT2D eigenvalue weighted by molar-refractivity contribution is 0.821. The molecular weight excluding hydrogens is 177 g/mol. The van der Waals surface area contributed by atoms with E-state index < -0.39 is 0 Å². The summed E-state index contributed by atoms with van der Waals surface area (Å²) in [6.07, 6.45) is 1.08. The summed E-state index contributed by atoms with van der Waals surface area (Å²) in [4.78, 5) is 0.342. The van der Waals surface area contributed by atoms with Crippen molar-refractivity contribution >= 4 is 27.5 Å². The number of hydrogen-bond acceptors (Lipinski definition) is 1. The topological polar surface area (TPSA) is 12.0 Å². The van der Waals surface area contributed by atoms with E-state index in [2.05, 4.69) is 21.2 Å². The number of halogens is 2. The zero-order chi connectivity index (χ0) is 5.28. The van der Waals surface area contributed by atoms with Gasteiger partial charge in [0.05, 0.1) is 10.3 Å². The van der Waals surface area contributed by atoms with E-state index in [1.54, 1.807) is 0 Å². The molecule has 0 radical (unpaired) electrons. The van der Waals surface area contributed by atoms with Gasteiger partial charge in [-0.1, -0.05) is 15.9 Å². The molecule has 1 saturated heterocycles. The second-order valence-electron chi connectivity index (χ2n) is 1.66. The van der Waals surface area contributed by atoms with Gasteiger partial charge in [-0.3, -0.25) is 0 Å². The van der Waals surface area contributed by atoms with Crippen molar-refractivity contribution in [1.82, 2.24) is 5.32 Å². The van der Waals surface area contributed by atoms with E-state index in [0.717, 1.165) is 13.0 Å². The van der Waals surface area contributed by atoms with Crippen molar-refractivity contribution in [2.75, 3.05) is 6.54 Å². The molecule has 42 valence electrons. The summed E-state index contributed by atoms with van der Waals surface area (Å²) in [5.41, 5.74) is 0. The normalized spacial score (nSPS) is 42.0. The Morgan fingerprint density at radius 1 is 1.71 bits per heavy atom. The zero-order valence-corrected chi connectivity index (χ0v) is 6.17. The van der Waals surface area contributed by atoms with E-state index in [0.29, 0.717) is 10.3 Å². The molecule has 2 atom stereocenters. The molecule has 0 saturated carbocycles. The standard InChI is InChI=1S/C4H7BrClN/c5-4-3(6)1-2-7-4/h3-4,7H,1-2H2. The monoisotopic (exact) mass is 183 g/mol. The van der Waals surface area contributed by atoms with E-state index in [4.69, 9.17) is 11.6 Å². The summed E-state index contributed by atoms with van der Waals surface area (Å²) in [5.74, 6) is 0. The summed E-state index contributed by atoms with van der Waals surface area (Å²) >= 11 is 9.11. The highest BCUT2D eigenvalue weighted by atomic mass is 79.9. The van der Waals surface area contributed by atoms with Gasteiger partial charge in [0.2, 0.25) is 0 Å². The van der Waals surface area contributed by atoms with Gasteiger partial charge >= 0.3 is 0 Å². The average Bonchev–Trinajstić information content (AvgIpc) is 1.91. The van der Waals surface area contributed by atoms with Crippen LogP contribution in [0.4, 0.5) is 0 Å². The molecule has 1 rings (SSSR count). The van der Waals surface area contributed by atoms with Gasteiger partial charge in [-0.15, -0.1) is 11.6 Å². The van der Waals surface area contributed by atoms with Crippen LogP contribution in [0.25, 0.3) is 0 Å². The van der Waals surface area contributed by atoms with Crippen molar-refractivity contribution in [1.29, 1.82) is 0 Å². The lowest BCUT2D eigenvalue weighted by Gasteiger charge is -2.01. The van der Waals surface area contributed by atoms with Gasteiger partial charge in [0.1, 0.15) is 0 Å². The first-order valence-corrected chi connectivity index (χ1v) is 3.67. The highest BCUT2D eigenvalue weighted by molar-refractivity contribution is 9.09. The van der Waals surface area contributed by atoms with Gasteiger partial charge in [0, 0.05) is 0 Å². The predicted molar refractivity (Wildman–Crippen MR) is 35.0 cm³/mol. The van der Waals surface area contributed by atoms with Crippen LogP contribution in [0.3, 0.4) is 0 Å². The van der Waals surface area contributed by atoms with E-state index in [1.807, 2.05) is 0 Å². The van der Waals surface area contributed by atoms with Crippen LogP contribution in [0, 0.1) is 0 Å². The van der Waals surface area contributed by atoms with Crippen LogP contribution in [0.2, 0.25) is 0 Å². The summed E-state index contributed by atoms with van der Waals surface area (Å²) in [5, 5.41) is 3.45. The average molecular weight is 184 g/mol. The van der Waals surface area contributed by atoms with E-state index >= 15 is 0 Å². The van der Waals surface area contributed by atoms with Crippen LogP contribution >= 0.6 is 27.5 Å². The fourth-order valence-corrected chi connectivity index (χ4v) is 1.32. The minimum absolute atomic E-state index is 0.292. The smallest absolute Gasteiger partial charge is 0.0796 e. The predicted octanol–water partition coefficient (Wildman–Crippen LogP) is 1.31. The van der Waals surface area contributed by atoms with Crippen molar-refractivity contribution in [2.24, 2.45) is 0 Å². The van der Waals surface area contributed by atoms with Gasteiger partial charge < -0.3 is 5.32 Å². The Balaban J connectivity index is 2.33. The number of alkyl halides is 2. The maximum atomic E-state index is 5.75. The molecule has 0 aromatic carbocycles. The molecule has 7 heavy (non-hydrogen) atoms. The maximum Gasteiger partial charge on any atom is 0.0796 e. The maximum absolute atomic E-state index is 5.75. The summed E-state index contributed by atoms with van der Waals surface area (Å²) in [6.45, 7) is 1.05. The van der Waals surface area contributed by atoms with Crippen molar-refractivity contribution < 1.29 is 0 Å². The molecule has 1 fully saturated rings. The number of rotatable bonds is 0. The molecule has 0 aromatic heterocycles. The van der Waals surface area contributed by atoms with Crippen LogP contribution in [-0.2, 0) is 0 Å². The van der Waals surface area contributed by atoms with Crippen molar-refractivity contribution in [3.63, 3.8) is 0 Å². The minimum Gasteiger partial charge on any atom is -0.304 e.